The molecule has 6 nitrogen and oxygen atoms in total. The van der Waals surface area contributed by atoms with Crippen molar-refractivity contribution >= 4 is 23.2 Å². The van der Waals surface area contributed by atoms with Gasteiger partial charge in [0, 0.05) is 24.0 Å². The molecule has 1 unspecified atom stereocenters. The van der Waals surface area contributed by atoms with E-state index in [9.17, 15) is 9.59 Å². The molecule has 0 radical (unpaired) electrons. The first kappa shape index (κ1) is 15.6. The number of benzene rings is 1. The molecule has 1 aromatic heterocycles. The second-order valence-corrected chi connectivity index (χ2v) is 6.10. The van der Waals surface area contributed by atoms with Crippen LogP contribution >= 0.6 is 11.3 Å². The minimum atomic E-state index is -0.927. The summed E-state index contributed by atoms with van der Waals surface area (Å²) in [6.45, 7) is 1.08. The summed E-state index contributed by atoms with van der Waals surface area (Å²) in [7, 11) is 0. The van der Waals surface area contributed by atoms with Gasteiger partial charge in [-0.1, -0.05) is 30.3 Å². The lowest BCUT2D eigenvalue weighted by Gasteiger charge is -2.31. The molecule has 1 fully saturated rings. The van der Waals surface area contributed by atoms with Gasteiger partial charge in [-0.15, -0.1) is 11.3 Å². The number of hydrogen-bond acceptors (Lipinski definition) is 5. The summed E-state index contributed by atoms with van der Waals surface area (Å²) in [6, 6.07) is 9.68. The number of rotatable bonds is 4. The molecule has 1 amide bonds. The molecule has 7 heteroatoms. The van der Waals surface area contributed by atoms with Crippen LogP contribution in [-0.4, -0.2) is 52.7 Å². The standard InChI is InChI=1S/C16H16N2O4S/c19-14(20)8-12-9-18(6-7-22-12)16(21)13-10-23-15(17-13)11-4-2-1-3-5-11/h1-5,10,12H,6-9H2,(H,19,20). The molecule has 1 aliphatic rings. The Hall–Kier alpha value is -2.25. The Balaban J connectivity index is 1.71. The lowest BCUT2D eigenvalue weighted by atomic mass is 10.2. The number of thiazole rings is 1. The molecule has 2 aromatic rings. The van der Waals surface area contributed by atoms with Crippen LogP contribution < -0.4 is 0 Å². The number of ether oxygens (including phenoxy) is 1. The van der Waals surface area contributed by atoms with E-state index < -0.39 is 12.1 Å². The fourth-order valence-corrected chi connectivity index (χ4v) is 3.27. The zero-order valence-electron chi connectivity index (χ0n) is 12.3. The van der Waals surface area contributed by atoms with Gasteiger partial charge in [-0.25, -0.2) is 4.98 Å². The summed E-state index contributed by atoms with van der Waals surface area (Å²) in [4.78, 5) is 29.3. The Kier molecular flexibility index (Phi) is 4.68. The monoisotopic (exact) mass is 332 g/mol. The molecule has 1 aromatic carbocycles. The Morgan fingerprint density at radius 3 is 2.87 bits per heavy atom. The Morgan fingerprint density at radius 1 is 1.35 bits per heavy atom. The van der Waals surface area contributed by atoms with Crippen LogP contribution in [0.5, 0.6) is 0 Å². The predicted octanol–water partition coefficient (Wildman–Crippen LogP) is 2.13. The second kappa shape index (κ2) is 6.89. The fourth-order valence-electron chi connectivity index (χ4n) is 2.47. The summed E-state index contributed by atoms with van der Waals surface area (Å²) >= 11 is 1.42. The Morgan fingerprint density at radius 2 is 2.13 bits per heavy atom. The van der Waals surface area contributed by atoms with Crippen LogP contribution in [0, 0.1) is 0 Å². The van der Waals surface area contributed by atoms with Gasteiger partial charge in [0.1, 0.15) is 10.7 Å². The van der Waals surface area contributed by atoms with Crippen LogP contribution in [0.25, 0.3) is 10.6 Å². The summed E-state index contributed by atoms with van der Waals surface area (Å²) in [5, 5.41) is 11.4. The molecule has 2 heterocycles. The third-order valence-electron chi connectivity index (χ3n) is 3.57. The van der Waals surface area contributed by atoms with E-state index in [1.807, 2.05) is 30.3 Å². The summed E-state index contributed by atoms with van der Waals surface area (Å²) in [5.74, 6) is -1.11. The number of morpholine rings is 1. The number of carboxylic acids is 1. The highest BCUT2D eigenvalue weighted by Gasteiger charge is 2.27. The zero-order valence-corrected chi connectivity index (χ0v) is 13.2. The maximum Gasteiger partial charge on any atom is 0.306 e. The highest BCUT2D eigenvalue weighted by Crippen LogP contribution is 2.24. The SMILES string of the molecule is O=C(O)CC1CN(C(=O)c2csc(-c3ccccc3)n2)CCO1. The molecule has 1 saturated heterocycles. The second-order valence-electron chi connectivity index (χ2n) is 5.25. The predicted molar refractivity (Wildman–Crippen MR) is 85.4 cm³/mol. The molecule has 3 rings (SSSR count). The van der Waals surface area contributed by atoms with Gasteiger partial charge in [0.25, 0.3) is 5.91 Å². The summed E-state index contributed by atoms with van der Waals surface area (Å²) in [6.07, 6.45) is -0.562. The van der Waals surface area contributed by atoms with E-state index >= 15 is 0 Å². The van der Waals surface area contributed by atoms with Crippen molar-refractivity contribution in [1.82, 2.24) is 9.88 Å². The number of carbonyl (C=O) groups excluding carboxylic acids is 1. The zero-order chi connectivity index (χ0) is 16.2. The molecule has 0 spiro atoms. The van der Waals surface area contributed by atoms with Gasteiger partial charge in [-0.05, 0) is 0 Å². The number of amides is 1. The van der Waals surface area contributed by atoms with E-state index in [0.29, 0.717) is 18.8 Å². The lowest BCUT2D eigenvalue weighted by Crippen LogP contribution is -2.46. The molecule has 1 N–H and O–H groups in total. The summed E-state index contributed by atoms with van der Waals surface area (Å²) in [5.41, 5.74) is 1.37. The van der Waals surface area contributed by atoms with Gasteiger partial charge in [-0.3, -0.25) is 9.59 Å². The van der Waals surface area contributed by atoms with E-state index in [4.69, 9.17) is 9.84 Å². The highest BCUT2D eigenvalue weighted by atomic mass is 32.1. The highest BCUT2D eigenvalue weighted by molar-refractivity contribution is 7.13. The molecule has 120 valence electrons. The van der Waals surface area contributed by atoms with Crippen molar-refractivity contribution in [3.05, 3.63) is 41.4 Å². The largest absolute Gasteiger partial charge is 0.481 e. The van der Waals surface area contributed by atoms with E-state index in [2.05, 4.69) is 4.98 Å². The molecule has 0 saturated carbocycles. The topological polar surface area (TPSA) is 79.7 Å². The number of carboxylic acid groups (broad SMARTS) is 1. The van der Waals surface area contributed by atoms with Crippen molar-refractivity contribution < 1.29 is 19.4 Å². The Labute approximate surface area is 137 Å². The normalized spacial score (nSPS) is 17.9. The first-order chi connectivity index (χ1) is 11.1. The number of nitrogens with zero attached hydrogens (tertiary/aromatic N) is 2. The quantitative estimate of drug-likeness (QED) is 0.928. The van der Waals surface area contributed by atoms with Crippen molar-refractivity contribution in [3.8, 4) is 10.6 Å². The van der Waals surface area contributed by atoms with Crippen LogP contribution in [-0.2, 0) is 9.53 Å². The maximum atomic E-state index is 12.5. The van der Waals surface area contributed by atoms with E-state index in [1.165, 1.54) is 11.3 Å². The summed E-state index contributed by atoms with van der Waals surface area (Å²) < 4.78 is 5.39. The average Bonchev–Trinajstić information content (AvgIpc) is 3.04. The van der Waals surface area contributed by atoms with Crippen LogP contribution in [0.4, 0.5) is 0 Å². The van der Waals surface area contributed by atoms with Gasteiger partial charge < -0.3 is 14.7 Å². The van der Waals surface area contributed by atoms with Crippen molar-refractivity contribution in [1.29, 1.82) is 0 Å². The van der Waals surface area contributed by atoms with Crippen LogP contribution in [0.1, 0.15) is 16.9 Å². The third kappa shape index (κ3) is 3.75. The van der Waals surface area contributed by atoms with Crippen LogP contribution in [0.3, 0.4) is 0 Å². The van der Waals surface area contributed by atoms with E-state index in [-0.39, 0.29) is 18.9 Å². The van der Waals surface area contributed by atoms with Crippen LogP contribution in [0.15, 0.2) is 35.7 Å². The van der Waals surface area contributed by atoms with Crippen molar-refractivity contribution in [2.75, 3.05) is 19.7 Å². The van der Waals surface area contributed by atoms with Gasteiger partial charge in [-0.2, -0.15) is 0 Å². The average molecular weight is 332 g/mol. The number of hydrogen-bond donors (Lipinski definition) is 1. The molecule has 0 aliphatic carbocycles. The first-order valence-corrected chi connectivity index (χ1v) is 8.15. The smallest absolute Gasteiger partial charge is 0.306 e. The van der Waals surface area contributed by atoms with Gasteiger partial charge in [0.2, 0.25) is 0 Å². The van der Waals surface area contributed by atoms with E-state index in [1.54, 1.807) is 10.3 Å². The number of aromatic nitrogens is 1. The van der Waals surface area contributed by atoms with Crippen molar-refractivity contribution in [2.24, 2.45) is 0 Å². The Bertz CT molecular complexity index is 701. The minimum absolute atomic E-state index is 0.101. The van der Waals surface area contributed by atoms with Crippen molar-refractivity contribution in [2.45, 2.75) is 12.5 Å². The molecule has 23 heavy (non-hydrogen) atoms. The molecule has 0 bridgehead atoms. The maximum absolute atomic E-state index is 12.5. The molecular weight excluding hydrogens is 316 g/mol. The first-order valence-electron chi connectivity index (χ1n) is 7.27. The van der Waals surface area contributed by atoms with E-state index in [0.717, 1.165) is 10.6 Å². The molecule has 1 aliphatic heterocycles. The van der Waals surface area contributed by atoms with Gasteiger partial charge >= 0.3 is 5.97 Å². The lowest BCUT2D eigenvalue weighted by molar-refractivity contribution is -0.141. The fraction of sp³-hybridized carbons (Fsp3) is 0.312. The van der Waals surface area contributed by atoms with Gasteiger partial charge in [0.15, 0.2) is 0 Å². The number of aliphatic carboxylic acids is 1. The van der Waals surface area contributed by atoms with Crippen molar-refractivity contribution in [3.63, 3.8) is 0 Å². The minimum Gasteiger partial charge on any atom is -0.481 e. The van der Waals surface area contributed by atoms with Gasteiger partial charge in [0.05, 0.1) is 19.1 Å². The third-order valence-corrected chi connectivity index (χ3v) is 4.46. The van der Waals surface area contributed by atoms with Crippen LogP contribution in [0.2, 0.25) is 0 Å². The molecule has 1 atom stereocenters. The molecular formula is C16H16N2O4S. The number of carbonyl (C=O) groups is 2.